The number of nitrogens with zero attached hydrogens (tertiary/aromatic N) is 3. The number of hydrogen-bond donors (Lipinski definition) is 0. The highest BCUT2D eigenvalue weighted by molar-refractivity contribution is 6.00. The van der Waals surface area contributed by atoms with Crippen LogP contribution in [0.5, 0.6) is 0 Å². The molecule has 2 aromatic rings. The van der Waals surface area contributed by atoms with Gasteiger partial charge in [0.25, 0.3) is 5.92 Å². The summed E-state index contributed by atoms with van der Waals surface area (Å²) < 4.78 is 38.8. The number of alkyl halides is 2. The van der Waals surface area contributed by atoms with E-state index in [-0.39, 0.29) is 39.1 Å². The fourth-order valence-corrected chi connectivity index (χ4v) is 4.51. The highest BCUT2D eigenvalue weighted by Crippen LogP contribution is 2.38. The summed E-state index contributed by atoms with van der Waals surface area (Å²) in [6, 6.07) is 15.9. The Kier molecular flexibility index (Phi) is 7.49. The van der Waals surface area contributed by atoms with Crippen molar-refractivity contribution < 1.29 is 27.8 Å². The van der Waals surface area contributed by atoms with Crippen LogP contribution in [0.2, 0.25) is 0 Å². The summed E-state index contributed by atoms with van der Waals surface area (Å²) in [5.74, 6) is -2.67. The van der Waals surface area contributed by atoms with Crippen LogP contribution < -0.4 is 9.80 Å². The summed E-state index contributed by atoms with van der Waals surface area (Å²) in [5, 5.41) is 0. The van der Waals surface area contributed by atoms with Crippen LogP contribution in [0.15, 0.2) is 54.6 Å². The maximum absolute atomic E-state index is 13.8. The Morgan fingerprint density at radius 2 is 1.56 bits per heavy atom. The SMILES string of the molecule is CC(C)(C)OC(=O)N1CC(CN2CCC(F)(F)CC2)N(C(=O)OCc2ccccc2)c2ccccc21. The van der Waals surface area contributed by atoms with E-state index in [0.717, 1.165) is 5.56 Å². The number of carbonyl (C=O) groups is 2. The first-order chi connectivity index (χ1) is 17.0. The lowest BCUT2D eigenvalue weighted by Crippen LogP contribution is -2.58. The van der Waals surface area contributed by atoms with Crippen molar-refractivity contribution in [2.45, 2.75) is 57.8 Å². The third-order valence-electron chi connectivity index (χ3n) is 6.26. The molecule has 36 heavy (non-hydrogen) atoms. The molecule has 1 unspecified atom stereocenters. The van der Waals surface area contributed by atoms with Crippen molar-refractivity contribution >= 4 is 23.6 Å². The van der Waals surface area contributed by atoms with Gasteiger partial charge in [-0.2, -0.15) is 0 Å². The van der Waals surface area contributed by atoms with Gasteiger partial charge in [0, 0.05) is 32.5 Å². The Balaban J connectivity index is 1.61. The van der Waals surface area contributed by atoms with E-state index in [4.69, 9.17) is 9.47 Å². The number of hydrogen-bond acceptors (Lipinski definition) is 5. The molecule has 2 amide bonds. The summed E-state index contributed by atoms with van der Waals surface area (Å²) in [6.45, 7) is 6.37. The predicted octanol–water partition coefficient (Wildman–Crippen LogP) is 5.68. The first-order valence-corrected chi connectivity index (χ1v) is 12.2. The number of para-hydroxylation sites is 2. The summed E-state index contributed by atoms with van der Waals surface area (Å²) in [7, 11) is 0. The molecule has 0 aliphatic carbocycles. The van der Waals surface area contributed by atoms with E-state index in [1.54, 1.807) is 49.9 Å². The second-order valence-electron chi connectivity index (χ2n) is 10.3. The molecule has 2 aliphatic rings. The van der Waals surface area contributed by atoms with Crippen molar-refractivity contribution in [1.29, 1.82) is 0 Å². The number of amides is 2. The van der Waals surface area contributed by atoms with Crippen LogP contribution in [0.1, 0.15) is 39.2 Å². The minimum absolute atomic E-state index is 0.0940. The average molecular weight is 502 g/mol. The van der Waals surface area contributed by atoms with Crippen LogP contribution in [0.3, 0.4) is 0 Å². The highest BCUT2D eigenvalue weighted by Gasteiger charge is 2.41. The molecular formula is C27H33F2N3O4. The molecular weight excluding hydrogens is 468 g/mol. The molecule has 9 heteroatoms. The number of anilines is 2. The molecule has 2 heterocycles. The van der Waals surface area contributed by atoms with E-state index in [9.17, 15) is 18.4 Å². The monoisotopic (exact) mass is 501 g/mol. The standard InChI is InChI=1S/C27H33F2N3O4/c1-26(2,3)36-24(33)31-18-21(17-30-15-13-27(28,29)14-16-30)32(23-12-8-7-11-22(23)31)25(34)35-19-20-9-5-4-6-10-20/h4-12,21H,13-19H2,1-3H3. The summed E-state index contributed by atoms with van der Waals surface area (Å²) in [4.78, 5) is 31.6. The van der Waals surface area contributed by atoms with Crippen LogP contribution in [0.25, 0.3) is 0 Å². The molecule has 1 saturated heterocycles. The van der Waals surface area contributed by atoms with E-state index < -0.39 is 29.8 Å². The van der Waals surface area contributed by atoms with Crippen LogP contribution in [0.4, 0.5) is 29.7 Å². The molecule has 0 bridgehead atoms. The van der Waals surface area contributed by atoms with E-state index in [2.05, 4.69) is 0 Å². The average Bonchev–Trinajstić information content (AvgIpc) is 2.83. The minimum atomic E-state index is -2.67. The first kappa shape index (κ1) is 25.9. The molecule has 1 fully saturated rings. The molecule has 1 atom stereocenters. The third-order valence-corrected chi connectivity index (χ3v) is 6.26. The Hall–Kier alpha value is -3.20. The largest absolute Gasteiger partial charge is 0.444 e. The molecule has 4 rings (SSSR count). The number of ether oxygens (including phenoxy) is 2. The summed E-state index contributed by atoms with van der Waals surface area (Å²) in [6.07, 6.45) is -1.54. The van der Waals surface area contributed by atoms with Crippen LogP contribution in [-0.2, 0) is 16.1 Å². The molecule has 0 radical (unpaired) electrons. The van der Waals surface area contributed by atoms with Gasteiger partial charge in [0.2, 0.25) is 0 Å². The Morgan fingerprint density at radius 1 is 0.944 bits per heavy atom. The Bertz CT molecular complexity index is 1060. The number of likely N-dealkylation sites (tertiary alicyclic amines) is 1. The number of rotatable bonds is 4. The normalized spacial score (nSPS) is 20.0. The molecule has 7 nitrogen and oxygen atoms in total. The predicted molar refractivity (Wildman–Crippen MR) is 134 cm³/mol. The van der Waals surface area contributed by atoms with Crippen molar-refractivity contribution in [1.82, 2.24) is 4.90 Å². The van der Waals surface area contributed by atoms with Gasteiger partial charge in [0.05, 0.1) is 24.0 Å². The van der Waals surface area contributed by atoms with Gasteiger partial charge < -0.3 is 14.4 Å². The lowest BCUT2D eigenvalue weighted by atomic mass is 10.0. The number of benzene rings is 2. The number of halogens is 2. The van der Waals surface area contributed by atoms with Crippen molar-refractivity contribution in [3.8, 4) is 0 Å². The molecule has 194 valence electrons. The van der Waals surface area contributed by atoms with E-state index in [0.29, 0.717) is 17.9 Å². The molecule has 0 N–H and O–H groups in total. The Morgan fingerprint density at radius 3 is 2.19 bits per heavy atom. The molecule has 0 spiro atoms. The van der Waals surface area contributed by atoms with Gasteiger partial charge in [0.15, 0.2) is 0 Å². The zero-order valence-corrected chi connectivity index (χ0v) is 21.0. The maximum atomic E-state index is 13.8. The van der Waals surface area contributed by atoms with Gasteiger partial charge >= 0.3 is 12.2 Å². The van der Waals surface area contributed by atoms with Crippen LogP contribution in [0, 0.1) is 0 Å². The van der Waals surface area contributed by atoms with Crippen LogP contribution in [-0.4, -0.2) is 60.8 Å². The van der Waals surface area contributed by atoms with Crippen molar-refractivity contribution in [2.24, 2.45) is 0 Å². The number of fused-ring (bicyclic) bond motifs is 1. The smallest absolute Gasteiger partial charge is 0.415 e. The molecule has 2 aromatic carbocycles. The van der Waals surface area contributed by atoms with E-state index in [1.807, 2.05) is 35.2 Å². The number of piperidine rings is 1. The second-order valence-corrected chi connectivity index (χ2v) is 10.3. The highest BCUT2D eigenvalue weighted by atomic mass is 19.3. The topological polar surface area (TPSA) is 62.3 Å². The van der Waals surface area contributed by atoms with Gasteiger partial charge in [-0.25, -0.2) is 18.4 Å². The van der Waals surface area contributed by atoms with Crippen molar-refractivity contribution in [3.63, 3.8) is 0 Å². The van der Waals surface area contributed by atoms with Gasteiger partial charge in [-0.15, -0.1) is 0 Å². The maximum Gasteiger partial charge on any atom is 0.415 e. The van der Waals surface area contributed by atoms with Gasteiger partial charge in [-0.1, -0.05) is 42.5 Å². The zero-order chi connectivity index (χ0) is 25.9. The molecule has 0 aromatic heterocycles. The molecule has 2 aliphatic heterocycles. The lowest BCUT2D eigenvalue weighted by molar-refractivity contribution is -0.0558. The lowest BCUT2D eigenvalue weighted by Gasteiger charge is -2.44. The first-order valence-electron chi connectivity index (χ1n) is 12.2. The summed E-state index contributed by atoms with van der Waals surface area (Å²) >= 11 is 0. The van der Waals surface area contributed by atoms with Crippen LogP contribution >= 0.6 is 0 Å². The van der Waals surface area contributed by atoms with Gasteiger partial charge in [0.1, 0.15) is 12.2 Å². The number of carbonyl (C=O) groups excluding carboxylic acids is 2. The van der Waals surface area contributed by atoms with Gasteiger partial charge in [-0.05, 0) is 38.5 Å². The second kappa shape index (κ2) is 10.4. The summed E-state index contributed by atoms with van der Waals surface area (Å²) in [5.41, 5.74) is 1.19. The minimum Gasteiger partial charge on any atom is -0.444 e. The van der Waals surface area contributed by atoms with E-state index >= 15 is 0 Å². The van der Waals surface area contributed by atoms with Gasteiger partial charge in [-0.3, -0.25) is 9.80 Å². The molecule has 0 saturated carbocycles. The quantitative estimate of drug-likeness (QED) is 0.539. The fourth-order valence-electron chi connectivity index (χ4n) is 4.51. The van der Waals surface area contributed by atoms with Crippen molar-refractivity contribution in [2.75, 3.05) is 36.0 Å². The Labute approximate surface area is 210 Å². The fraction of sp³-hybridized carbons (Fsp3) is 0.481. The van der Waals surface area contributed by atoms with Crippen molar-refractivity contribution in [3.05, 3.63) is 60.2 Å². The van der Waals surface area contributed by atoms with E-state index in [1.165, 1.54) is 4.90 Å². The third kappa shape index (κ3) is 6.32. The zero-order valence-electron chi connectivity index (χ0n) is 21.0.